The van der Waals surface area contributed by atoms with Gasteiger partial charge < -0.3 is 10.1 Å². The molecule has 2 rings (SSSR count). The van der Waals surface area contributed by atoms with Crippen LogP contribution in [-0.2, 0) is 16.6 Å². The summed E-state index contributed by atoms with van der Waals surface area (Å²) in [6, 6.07) is 11.9. The zero-order valence-corrected chi connectivity index (χ0v) is 15.6. The third kappa shape index (κ3) is 4.18. The van der Waals surface area contributed by atoms with Gasteiger partial charge in [0.15, 0.2) is 0 Å². The van der Waals surface area contributed by atoms with E-state index in [0.717, 1.165) is 11.1 Å². The molecule has 2 aromatic rings. The smallest absolute Gasteiger partial charge is 0.254 e. The number of nitrogens with one attached hydrogen (secondary N) is 1. The van der Waals surface area contributed by atoms with E-state index in [4.69, 9.17) is 4.74 Å². The molecule has 0 spiro atoms. The van der Waals surface area contributed by atoms with Gasteiger partial charge in [-0.2, -0.15) is 4.31 Å². The Kier molecular flexibility index (Phi) is 5.81. The molecule has 0 aromatic heterocycles. The van der Waals surface area contributed by atoms with Crippen LogP contribution in [0.15, 0.2) is 47.4 Å². The summed E-state index contributed by atoms with van der Waals surface area (Å²) >= 11 is 0. The Hall–Kier alpha value is -2.38. The van der Waals surface area contributed by atoms with Crippen molar-refractivity contribution in [3.05, 3.63) is 59.2 Å². The summed E-state index contributed by atoms with van der Waals surface area (Å²) < 4.78 is 32.0. The summed E-state index contributed by atoms with van der Waals surface area (Å²) in [5, 5.41) is 2.48. The number of amides is 1. The van der Waals surface area contributed by atoms with Crippen molar-refractivity contribution in [2.24, 2.45) is 0 Å². The van der Waals surface area contributed by atoms with Gasteiger partial charge in [0.25, 0.3) is 5.91 Å². The van der Waals surface area contributed by atoms with Gasteiger partial charge in [0.1, 0.15) is 5.75 Å². The molecule has 0 radical (unpaired) electrons. The van der Waals surface area contributed by atoms with Gasteiger partial charge in [0.05, 0.1) is 17.6 Å². The van der Waals surface area contributed by atoms with Crippen molar-refractivity contribution in [1.82, 2.24) is 9.62 Å². The number of carbonyl (C=O) groups excluding carboxylic acids is 1. The third-order valence-corrected chi connectivity index (χ3v) is 5.68. The second-order valence-corrected chi connectivity index (χ2v) is 7.73. The predicted molar refractivity (Wildman–Crippen MR) is 96.2 cm³/mol. The maximum Gasteiger partial charge on any atom is 0.254 e. The van der Waals surface area contributed by atoms with Gasteiger partial charge in [-0.3, -0.25) is 4.79 Å². The quantitative estimate of drug-likeness (QED) is 0.855. The van der Waals surface area contributed by atoms with Crippen molar-refractivity contribution in [2.75, 3.05) is 21.2 Å². The van der Waals surface area contributed by atoms with E-state index < -0.39 is 15.9 Å². The number of hydrogen-bond donors (Lipinski definition) is 1. The summed E-state index contributed by atoms with van der Waals surface area (Å²) in [5.74, 6) is -0.0884. The molecule has 0 unspecified atom stereocenters. The molecule has 0 aliphatic rings. The first-order valence-corrected chi connectivity index (χ1v) is 9.15. The van der Waals surface area contributed by atoms with E-state index in [1.807, 2.05) is 31.2 Å². The Balaban J connectivity index is 2.34. The van der Waals surface area contributed by atoms with Crippen LogP contribution in [0.25, 0.3) is 0 Å². The zero-order valence-electron chi connectivity index (χ0n) is 14.7. The van der Waals surface area contributed by atoms with Crippen molar-refractivity contribution in [2.45, 2.75) is 18.4 Å². The molecule has 7 heteroatoms. The number of hydrogen-bond acceptors (Lipinski definition) is 4. The molecule has 0 saturated heterocycles. The lowest BCUT2D eigenvalue weighted by Gasteiger charge is -2.18. The zero-order chi connectivity index (χ0) is 18.6. The van der Waals surface area contributed by atoms with E-state index in [1.165, 1.54) is 43.7 Å². The van der Waals surface area contributed by atoms with Crippen LogP contribution < -0.4 is 10.1 Å². The third-order valence-electron chi connectivity index (χ3n) is 3.88. The molecule has 1 N–H and O–H groups in total. The van der Waals surface area contributed by atoms with Gasteiger partial charge in [-0.1, -0.05) is 29.8 Å². The van der Waals surface area contributed by atoms with Gasteiger partial charge in [-0.05, 0) is 30.7 Å². The molecular formula is C18H22N2O4S. The molecule has 0 atom stereocenters. The topological polar surface area (TPSA) is 75.7 Å². The molecule has 134 valence electrons. The van der Waals surface area contributed by atoms with E-state index in [0.29, 0.717) is 5.75 Å². The Labute approximate surface area is 148 Å². The van der Waals surface area contributed by atoms with Crippen LogP contribution in [0, 0.1) is 6.92 Å². The maximum atomic E-state index is 12.8. The SMILES string of the molecule is CNC(=O)c1cc(S(=O)(=O)N(C)Cc2ccc(C)cc2)ccc1OC. The van der Waals surface area contributed by atoms with Crippen LogP contribution in [0.3, 0.4) is 0 Å². The van der Waals surface area contributed by atoms with Gasteiger partial charge in [-0.25, -0.2) is 8.42 Å². The van der Waals surface area contributed by atoms with E-state index >= 15 is 0 Å². The molecule has 0 bridgehead atoms. The van der Waals surface area contributed by atoms with E-state index in [-0.39, 0.29) is 17.0 Å². The molecule has 0 heterocycles. The minimum atomic E-state index is -3.74. The van der Waals surface area contributed by atoms with E-state index in [1.54, 1.807) is 0 Å². The minimum Gasteiger partial charge on any atom is -0.496 e. The van der Waals surface area contributed by atoms with Crippen LogP contribution in [0.2, 0.25) is 0 Å². The van der Waals surface area contributed by atoms with Gasteiger partial charge in [-0.15, -0.1) is 0 Å². The fourth-order valence-electron chi connectivity index (χ4n) is 2.38. The fraction of sp³-hybridized carbons (Fsp3) is 0.278. The molecule has 2 aromatic carbocycles. The first kappa shape index (κ1) is 19.0. The first-order chi connectivity index (χ1) is 11.8. The van der Waals surface area contributed by atoms with Crippen molar-refractivity contribution >= 4 is 15.9 Å². The number of ether oxygens (including phenoxy) is 1. The van der Waals surface area contributed by atoms with E-state index in [9.17, 15) is 13.2 Å². The number of methoxy groups -OCH3 is 1. The molecule has 0 fully saturated rings. The Morgan fingerprint density at radius 3 is 2.36 bits per heavy atom. The monoisotopic (exact) mass is 362 g/mol. The van der Waals surface area contributed by atoms with Crippen molar-refractivity contribution in [3.63, 3.8) is 0 Å². The second-order valence-electron chi connectivity index (χ2n) is 5.69. The van der Waals surface area contributed by atoms with E-state index in [2.05, 4.69) is 5.32 Å². The lowest BCUT2D eigenvalue weighted by Crippen LogP contribution is -2.27. The molecule has 0 aliphatic heterocycles. The molecule has 1 amide bonds. The highest BCUT2D eigenvalue weighted by Gasteiger charge is 2.23. The summed E-state index contributed by atoms with van der Waals surface area (Å²) in [6.45, 7) is 2.21. The Bertz CT molecular complexity index is 861. The Morgan fingerprint density at radius 1 is 1.16 bits per heavy atom. The second kappa shape index (κ2) is 7.67. The summed E-state index contributed by atoms with van der Waals surface area (Å²) in [5.41, 5.74) is 2.17. The van der Waals surface area contributed by atoms with Crippen LogP contribution in [0.5, 0.6) is 5.75 Å². The fourth-order valence-corrected chi connectivity index (χ4v) is 3.56. The standard InChI is InChI=1S/C18H22N2O4S/c1-13-5-7-14(8-6-13)12-20(3)25(22,23)15-9-10-17(24-4)16(11-15)18(21)19-2/h5-11H,12H2,1-4H3,(H,19,21). The summed E-state index contributed by atoms with van der Waals surface area (Å²) in [4.78, 5) is 12.0. The number of rotatable bonds is 6. The Morgan fingerprint density at radius 2 is 1.80 bits per heavy atom. The highest BCUT2D eigenvalue weighted by Crippen LogP contribution is 2.25. The number of carbonyl (C=O) groups is 1. The number of nitrogens with zero attached hydrogens (tertiary/aromatic N) is 1. The summed E-state index contributed by atoms with van der Waals surface area (Å²) in [6.07, 6.45) is 0. The van der Waals surface area contributed by atoms with Gasteiger partial charge >= 0.3 is 0 Å². The lowest BCUT2D eigenvalue weighted by atomic mass is 10.1. The highest BCUT2D eigenvalue weighted by molar-refractivity contribution is 7.89. The predicted octanol–water partition coefficient (Wildman–Crippen LogP) is 2.18. The molecule has 6 nitrogen and oxygen atoms in total. The van der Waals surface area contributed by atoms with Crippen LogP contribution >= 0.6 is 0 Å². The van der Waals surface area contributed by atoms with Crippen molar-refractivity contribution in [3.8, 4) is 5.75 Å². The molecule has 0 aliphatic carbocycles. The average Bonchev–Trinajstić information content (AvgIpc) is 2.62. The largest absolute Gasteiger partial charge is 0.496 e. The van der Waals surface area contributed by atoms with Crippen molar-refractivity contribution in [1.29, 1.82) is 0 Å². The maximum absolute atomic E-state index is 12.8. The minimum absolute atomic E-state index is 0.0431. The number of sulfonamides is 1. The normalized spacial score (nSPS) is 11.4. The molecule has 0 saturated carbocycles. The first-order valence-electron chi connectivity index (χ1n) is 7.71. The number of aryl methyl sites for hydroxylation is 1. The van der Waals surface area contributed by atoms with Gasteiger partial charge in [0, 0.05) is 20.6 Å². The molecular weight excluding hydrogens is 340 g/mol. The average molecular weight is 362 g/mol. The van der Waals surface area contributed by atoms with Crippen LogP contribution in [-0.4, -0.2) is 39.8 Å². The van der Waals surface area contributed by atoms with Crippen molar-refractivity contribution < 1.29 is 17.9 Å². The van der Waals surface area contributed by atoms with Gasteiger partial charge in [0.2, 0.25) is 10.0 Å². The number of benzene rings is 2. The lowest BCUT2D eigenvalue weighted by molar-refractivity contribution is 0.0960. The van der Waals surface area contributed by atoms with Crippen LogP contribution in [0.1, 0.15) is 21.5 Å². The molecule has 25 heavy (non-hydrogen) atoms. The van der Waals surface area contributed by atoms with Crippen LogP contribution in [0.4, 0.5) is 0 Å². The highest BCUT2D eigenvalue weighted by atomic mass is 32.2. The summed E-state index contributed by atoms with van der Waals surface area (Å²) in [7, 11) is 0.683.